The quantitative estimate of drug-likeness (QED) is 0.798. The summed E-state index contributed by atoms with van der Waals surface area (Å²) >= 11 is 0. The smallest absolute Gasteiger partial charge is 0.256 e. The van der Waals surface area contributed by atoms with Gasteiger partial charge in [0.05, 0.1) is 6.61 Å². The fourth-order valence-corrected chi connectivity index (χ4v) is 3.50. The third-order valence-corrected chi connectivity index (χ3v) is 5.17. The molecule has 1 aromatic rings. The van der Waals surface area contributed by atoms with Crippen molar-refractivity contribution < 1.29 is 14.3 Å². The van der Waals surface area contributed by atoms with E-state index < -0.39 is 5.60 Å². The van der Waals surface area contributed by atoms with E-state index in [1.165, 1.54) is 0 Å². The maximum absolute atomic E-state index is 12.9. The Labute approximate surface area is 152 Å². The topological polar surface area (TPSA) is 47.6 Å². The number of methoxy groups -OCH3 is 1. The van der Waals surface area contributed by atoms with E-state index in [2.05, 4.69) is 26.1 Å². The van der Waals surface area contributed by atoms with Crippen LogP contribution in [-0.2, 0) is 9.53 Å². The number of hydrogen-bond donors (Lipinski definition) is 1. The molecule has 1 aliphatic carbocycles. The van der Waals surface area contributed by atoms with Gasteiger partial charge in [-0.1, -0.05) is 20.8 Å². The van der Waals surface area contributed by atoms with Crippen molar-refractivity contribution in [3.8, 4) is 5.75 Å². The molecule has 2 rings (SSSR count). The molecule has 1 saturated carbocycles. The molecule has 0 atom stereocenters. The summed E-state index contributed by atoms with van der Waals surface area (Å²) in [6.07, 6.45) is 3.62. The Kier molecular flexibility index (Phi) is 6.50. The van der Waals surface area contributed by atoms with Crippen LogP contribution in [-0.4, -0.2) is 25.2 Å². The van der Waals surface area contributed by atoms with Crippen molar-refractivity contribution >= 4 is 11.6 Å². The van der Waals surface area contributed by atoms with Gasteiger partial charge in [0.25, 0.3) is 5.91 Å². The van der Waals surface area contributed by atoms with Crippen LogP contribution in [0.2, 0.25) is 0 Å². The number of ether oxygens (including phenoxy) is 2. The Morgan fingerprint density at radius 2 is 1.80 bits per heavy atom. The molecule has 0 bridgehead atoms. The minimum absolute atomic E-state index is 0.0310. The van der Waals surface area contributed by atoms with Crippen molar-refractivity contribution in [2.75, 3.05) is 19.0 Å². The van der Waals surface area contributed by atoms with Crippen LogP contribution in [0.4, 0.5) is 5.69 Å². The standard InChI is InChI=1S/C21H33NO3/c1-14(2)13-25-19-16(4)11-18(12-17(19)5)22-20(23)21(24-6)9-7-15(3)8-10-21/h11-12,14-15H,7-10,13H2,1-6H3,(H,22,23). The van der Waals surface area contributed by atoms with Crippen LogP contribution >= 0.6 is 0 Å². The Balaban J connectivity index is 2.12. The SMILES string of the molecule is COC1(C(=O)Nc2cc(C)c(OCC(C)C)c(C)c2)CCC(C)CC1. The average molecular weight is 347 g/mol. The average Bonchev–Trinajstić information content (AvgIpc) is 2.54. The Hall–Kier alpha value is -1.55. The Morgan fingerprint density at radius 3 is 2.28 bits per heavy atom. The van der Waals surface area contributed by atoms with Crippen molar-refractivity contribution in [1.82, 2.24) is 0 Å². The lowest BCUT2D eigenvalue weighted by molar-refractivity contribution is -0.142. The van der Waals surface area contributed by atoms with Crippen LogP contribution in [0.5, 0.6) is 5.75 Å². The van der Waals surface area contributed by atoms with E-state index in [9.17, 15) is 4.79 Å². The van der Waals surface area contributed by atoms with Crippen LogP contribution < -0.4 is 10.1 Å². The number of aryl methyl sites for hydroxylation is 2. The van der Waals surface area contributed by atoms with E-state index in [-0.39, 0.29) is 5.91 Å². The van der Waals surface area contributed by atoms with Gasteiger partial charge in [0.15, 0.2) is 0 Å². The Morgan fingerprint density at radius 1 is 1.24 bits per heavy atom. The highest BCUT2D eigenvalue weighted by atomic mass is 16.5. The number of hydrogen-bond acceptors (Lipinski definition) is 3. The predicted molar refractivity (Wildman–Crippen MR) is 102 cm³/mol. The molecule has 25 heavy (non-hydrogen) atoms. The van der Waals surface area contributed by atoms with E-state index >= 15 is 0 Å². The number of anilines is 1. The number of benzene rings is 1. The zero-order valence-electron chi connectivity index (χ0n) is 16.6. The van der Waals surface area contributed by atoms with Crippen LogP contribution in [0.15, 0.2) is 12.1 Å². The monoisotopic (exact) mass is 347 g/mol. The molecule has 4 nitrogen and oxygen atoms in total. The number of rotatable bonds is 6. The molecule has 140 valence electrons. The lowest BCUT2D eigenvalue weighted by atomic mass is 9.79. The van der Waals surface area contributed by atoms with Gasteiger partial charge in [-0.05, 0) is 74.6 Å². The summed E-state index contributed by atoms with van der Waals surface area (Å²) < 4.78 is 11.6. The van der Waals surface area contributed by atoms with E-state index in [0.717, 1.165) is 48.2 Å². The normalized spacial score (nSPS) is 23.6. The largest absolute Gasteiger partial charge is 0.493 e. The zero-order chi connectivity index (χ0) is 18.6. The zero-order valence-corrected chi connectivity index (χ0v) is 16.6. The summed E-state index contributed by atoms with van der Waals surface area (Å²) in [6.45, 7) is 11.2. The fraction of sp³-hybridized carbons (Fsp3) is 0.667. The highest BCUT2D eigenvalue weighted by Crippen LogP contribution is 2.36. The third-order valence-electron chi connectivity index (χ3n) is 5.17. The molecule has 0 heterocycles. The number of carbonyl (C=O) groups excluding carboxylic acids is 1. The lowest BCUT2D eigenvalue weighted by Gasteiger charge is -2.36. The summed E-state index contributed by atoms with van der Waals surface area (Å²) in [5.74, 6) is 2.03. The van der Waals surface area contributed by atoms with Gasteiger partial charge < -0.3 is 14.8 Å². The molecular weight excluding hydrogens is 314 g/mol. The molecule has 1 aromatic carbocycles. The summed E-state index contributed by atoms with van der Waals surface area (Å²) in [5, 5.41) is 3.07. The first kappa shape index (κ1) is 19.8. The van der Waals surface area contributed by atoms with Crippen LogP contribution in [0.1, 0.15) is 57.6 Å². The van der Waals surface area contributed by atoms with Gasteiger partial charge in [-0.25, -0.2) is 0 Å². The maximum atomic E-state index is 12.9. The van der Waals surface area contributed by atoms with E-state index in [4.69, 9.17) is 9.47 Å². The van der Waals surface area contributed by atoms with Crippen LogP contribution in [0.3, 0.4) is 0 Å². The predicted octanol–water partition coefficient (Wildman–Crippen LogP) is 4.87. The van der Waals surface area contributed by atoms with Gasteiger partial charge in [0, 0.05) is 12.8 Å². The molecule has 0 radical (unpaired) electrons. The molecule has 0 aromatic heterocycles. The number of carbonyl (C=O) groups is 1. The summed E-state index contributed by atoms with van der Waals surface area (Å²) in [5.41, 5.74) is 2.20. The molecule has 0 aliphatic heterocycles. The first-order valence-electron chi connectivity index (χ1n) is 9.38. The van der Waals surface area contributed by atoms with Gasteiger partial charge in [0.1, 0.15) is 11.4 Å². The first-order chi connectivity index (χ1) is 11.8. The van der Waals surface area contributed by atoms with Gasteiger partial charge in [-0.3, -0.25) is 4.79 Å². The van der Waals surface area contributed by atoms with E-state index in [1.807, 2.05) is 26.0 Å². The minimum Gasteiger partial charge on any atom is -0.493 e. The van der Waals surface area contributed by atoms with Crippen molar-refractivity contribution in [2.24, 2.45) is 11.8 Å². The maximum Gasteiger partial charge on any atom is 0.256 e. The van der Waals surface area contributed by atoms with E-state index in [1.54, 1.807) is 7.11 Å². The minimum atomic E-state index is -0.693. The van der Waals surface area contributed by atoms with Gasteiger partial charge in [0.2, 0.25) is 0 Å². The van der Waals surface area contributed by atoms with Crippen LogP contribution in [0.25, 0.3) is 0 Å². The van der Waals surface area contributed by atoms with Crippen molar-refractivity contribution in [2.45, 2.75) is 65.9 Å². The molecule has 0 saturated heterocycles. The molecule has 1 amide bonds. The summed E-state index contributed by atoms with van der Waals surface area (Å²) in [4.78, 5) is 12.9. The van der Waals surface area contributed by atoms with Gasteiger partial charge in [-0.15, -0.1) is 0 Å². The molecular formula is C21H33NO3. The van der Waals surface area contributed by atoms with Gasteiger partial charge >= 0.3 is 0 Å². The molecule has 4 heteroatoms. The fourth-order valence-electron chi connectivity index (χ4n) is 3.50. The molecule has 1 N–H and O–H groups in total. The molecule has 1 aliphatic rings. The second-order valence-electron chi connectivity index (χ2n) is 7.98. The second-order valence-corrected chi connectivity index (χ2v) is 7.98. The molecule has 0 unspecified atom stereocenters. The highest BCUT2D eigenvalue weighted by Gasteiger charge is 2.41. The van der Waals surface area contributed by atoms with Crippen molar-refractivity contribution in [3.63, 3.8) is 0 Å². The lowest BCUT2D eigenvalue weighted by Crippen LogP contribution is -2.47. The van der Waals surface area contributed by atoms with Crippen LogP contribution in [0, 0.1) is 25.7 Å². The first-order valence-corrected chi connectivity index (χ1v) is 9.38. The van der Waals surface area contributed by atoms with E-state index in [0.29, 0.717) is 18.4 Å². The third kappa shape index (κ3) is 4.75. The van der Waals surface area contributed by atoms with Crippen molar-refractivity contribution in [1.29, 1.82) is 0 Å². The summed E-state index contributed by atoms with van der Waals surface area (Å²) in [7, 11) is 1.65. The molecule has 1 fully saturated rings. The highest BCUT2D eigenvalue weighted by molar-refractivity contribution is 5.97. The van der Waals surface area contributed by atoms with Crippen molar-refractivity contribution in [3.05, 3.63) is 23.3 Å². The Bertz CT molecular complexity index is 578. The number of amides is 1. The second kappa shape index (κ2) is 8.22. The number of nitrogens with one attached hydrogen (secondary N) is 1. The van der Waals surface area contributed by atoms with Gasteiger partial charge in [-0.2, -0.15) is 0 Å². The molecule has 0 spiro atoms. The summed E-state index contributed by atoms with van der Waals surface area (Å²) in [6, 6.07) is 3.96.